The van der Waals surface area contributed by atoms with Crippen LogP contribution >= 0.6 is 0 Å². The Morgan fingerprint density at radius 1 is 1.36 bits per heavy atom. The molecule has 0 aliphatic carbocycles. The van der Waals surface area contributed by atoms with Crippen molar-refractivity contribution in [3.8, 4) is 0 Å². The van der Waals surface area contributed by atoms with Crippen molar-refractivity contribution >= 4 is 17.2 Å². The molecule has 0 aliphatic rings. The van der Waals surface area contributed by atoms with Gasteiger partial charge in [0.2, 0.25) is 0 Å². The van der Waals surface area contributed by atoms with Gasteiger partial charge in [0.25, 0.3) is 5.69 Å². The number of ketones is 1. The molecule has 22 heavy (non-hydrogen) atoms. The quantitative estimate of drug-likeness (QED) is 0.462. The van der Waals surface area contributed by atoms with Crippen molar-refractivity contribution in [1.29, 1.82) is 0 Å². The van der Waals surface area contributed by atoms with E-state index in [0.717, 1.165) is 5.69 Å². The number of hydrogen-bond donors (Lipinski definition) is 0. The zero-order valence-electron chi connectivity index (χ0n) is 12.4. The molecule has 0 amide bonds. The van der Waals surface area contributed by atoms with Gasteiger partial charge in [-0.15, -0.1) is 0 Å². The number of nitrogens with zero attached hydrogens (tertiary/aromatic N) is 4. The Balaban J connectivity index is 2.19. The van der Waals surface area contributed by atoms with E-state index in [2.05, 4.69) is 9.97 Å². The monoisotopic (exact) mass is 300 g/mol. The first kappa shape index (κ1) is 15.6. The molecule has 0 bridgehead atoms. The summed E-state index contributed by atoms with van der Waals surface area (Å²) in [6.45, 7) is 1.94. The fraction of sp³-hybridized carbons (Fsp3) is 0.267. The lowest BCUT2D eigenvalue weighted by atomic mass is 10.1. The Morgan fingerprint density at radius 3 is 2.73 bits per heavy atom. The Hall–Kier alpha value is -2.83. The number of nitro groups is 1. The molecule has 0 spiro atoms. The molecule has 0 atom stereocenters. The topological polar surface area (TPSA) is 89.2 Å². The van der Waals surface area contributed by atoms with Crippen LogP contribution in [0.3, 0.4) is 0 Å². The van der Waals surface area contributed by atoms with Crippen molar-refractivity contribution in [3.63, 3.8) is 0 Å². The minimum Gasteiger partial charge on any atom is -0.369 e. The molecule has 2 aromatic rings. The normalized spacial score (nSPS) is 10.3. The van der Waals surface area contributed by atoms with Crippen LogP contribution in [0.2, 0.25) is 0 Å². The van der Waals surface area contributed by atoms with Gasteiger partial charge in [-0.1, -0.05) is 0 Å². The predicted octanol–water partition coefficient (Wildman–Crippen LogP) is 2.27. The number of carbonyl (C=O) groups excluding carboxylic acids is 1. The van der Waals surface area contributed by atoms with Gasteiger partial charge in [-0.2, -0.15) is 0 Å². The van der Waals surface area contributed by atoms with Gasteiger partial charge in [-0.05, 0) is 19.1 Å². The van der Waals surface area contributed by atoms with Crippen LogP contribution in [0.25, 0.3) is 0 Å². The molecule has 7 nitrogen and oxygen atoms in total. The first-order valence-corrected chi connectivity index (χ1v) is 6.74. The summed E-state index contributed by atoms with van der Waals surface area (Å²) in [4.78, 5) is 32.0. The highest BCUT2D eigenvalue weighted by atomic mass is 16.6. The summed E-state index contributed by atoms with van der Waals surface area (Å²) < 4.78 is 0. The van der Waals surface area contributed by atoms with E-state index in [1.807, 2.05) is 0 Å². The molecular formula is C15H16N4O3. The predicted molar refractivity (Wildman–Crippen MR) is 82.1 cm³/mol. The molecule has 7 heteroatoms. The Bertz CT molecular complexity index is 688. The van der Waals surface area contributed by atoms with Gasteiger partial charge in [0.1, 0.15) is 5.69 Å². The summed E-state index contributed by atoms with van der Waals surface area (Å²) in [6.07, 6.45) is 5.50. The SMILES string of the molecule is CC(=O)c1ccc(N(C)CCc2cnccn2)c([N+](=O)[O-])c1. The molecule has 0 saturated heterocycles. The lowest BCUT2D eigenvalue weighted by Crippen LogP contribution is -2.22. The first-order valence-electron chi connectivity index (χ1n) is 6.74. The molecule has 0 fully saturated rings. The van der Waals surface area contributed by atoms with Gasteiger partial charge in [0, 0.05) is 50.2 Å². The number of rotatable bonds is 6. The number of carbonyl (C=O) groups is 1. The van der Waals surface area contributed by atoms with E-state index in [1.165, 1.54) is 13.0 Å². The smallest absolute Gasteiger partial charge is 0.293 e. The van der Waals surface area contributed by atoms with Crippen molar-refractivity contribution in [2.75, 3.05) is 18.5 Å². The molecule has 114 valence electrons. The minimum atomic E-state index is -0.472. The molecular weight excluding hydrogens is 284 g/mol. The summed E-state index contributed by atoms with van der Waals surface area (Å²) in [6, 6.07) is 4.52. The summed E-state index contributed by atoms with van der Waals surface area (Å²) >= 11 is 0. The number of anilines is 1. The highest BCUT2D eigenvalue weighted by Crippen LogP contribution is 2.28. The van der Waals surface area contributed by atoms with Crippen molar-refractivity contribution in [1.82, 2.24) is 9.97 Å². The van der Waals surface area contributed by atoms with Crippen LogP contribution < -0.4 is 4.90 Å². The van der Waals surface area contributed by atoms with E-state index in [-0.39, 0.29) is 11.5 Å². The third kappa shape index (κ3) is 3.63. The summed E-state index contributed by atoms with van der Waals surface area (Å²) in [5.74, 6) is -0.197. The fourth-order valence-electron chi connectivity index (χ4n) is 2.07. The van der Waals surface area contributed by atoms with Gasteiger partial charge in [-0.3, -0.25) is 24.9 Å². The summed E-state index contributed by atoms with van der Waals surface area (Å²) in [7, 11) is 1.77. The number of aromatic nitrogens is 2. The van der Waals surface area contributed by atoms with Gasteiger partial charge in [0.05, 0.1) is 10.6 Å². The molecule has 0 unspecified atom stereocenters. The third-order valence-corrected chi connectivity index (χ3v) is 3.31. The van der Waals surface area contributed by atoms with Gasteiger partial charge < -0.3 is 4.90 Å². The van der Waals surface area contributed by atoms with Crippen LogP contribution in [-0.2, 0) is 6.42 Å². The minimum absolute atomic E-state index is 0.0747. The van der Waals surface area contributed by atoms with Crippen LogP contribution in [0.5, 0.6) is 0 Å². The lowest BCUT2D eigenvalue weighted by Gasteiger charge is -2.19. The molecule has 2 rings (SSSR count). The van der Waals surface area contributed by atoms with Crippen LogP contribution in [0.15, 0.2) is 36.8 Å². The second-order valence-electron chi connectivity index (χ2n) is 4.89. The number of hydrogen-bond acceptors (Lipinski definition) is 6. The highest BCUT2D eigenvalue weighted by Gasteiger charge is 2.19. The van der Waals surface area contributed by atoms with E-state index in [4.69, 9.17) is 0 Å². The van der Waals surface area contributed by atoms with Crippen LogP contribution in [0.1, 0.15) is 23.0 Å². The molecule has 1 aromatic carbocycles. The van der Waals surface area contributed by atoms with Crippen molar-refractivity contribution < 1.29 is 9.72 Å². The van der Waals surface area contributed by atoms with Crippen molar-refractivity contribution in [2.45, 2.75) is 13.3 Å². The zero-order valence-corrected chi connectivity index (χ0v) is 12.4. The second kappa shape index (κ2) is 6.75. The third-order valence-electron chi connectivity index (χ3n) is 3.31. The maximum atomic E-state index is 11.4. The van der Waals surface area contributed by atoms with Crippen LogP contribution in [-0.4, -0.2) is 34.3 Å². The number of benzene rings is 1. The fourth-order valence-corrected chi connectivity index (χ4v) is 2.07. The molecule has 0 radical (unpaired) electrons. The molecule has 0 N–H and O–H groups in total. The zero-order chi connectivity index (χ0) is 16.1. The summed E-state index contributed by atoms with van der Waals surface area (Å²) in [5, 5.41) is 11.2. The average Bonchev–Trinajstić information content (AvgIpc) is 2.52. The van der Waals surface area contributed by atoms with E-state index in [1.54, 1.807) is 42.7 Å². The van der Waals surface area contributed by atoms with Gasteiger partial charge >= 0.3 is 0 Å². The van der Waals surface area contributed by atoms with Crippen molar-refractivity contribution in [3.05, 3.63) is 58.2 Å². The lowest BCUT2D eigenvalue weighted by molar-refractivity contribution is -0.384. The molecule has 1 aromatic heterocycles. The average molecular weight is 300 g/mol. The molecule has 0 saturated carbocycles. The molecule has 1 heterocycles. The number of nitro benzene ring substituents is 1. The Labute approximate surface area is 127 Å². The van der Waals surface area contributed by atoms with Crippen molar-refractivity contribution in [2.24, 2.45) is 0 Å². The van der Waals surface area contributed by atoms with Crippen LogP contribution in [0.4, 0.5) is 11.4 Å². The van der Waals surface area contributed by atoms with Crippen LogP contribution in [0, 0.1) is 10.1 Å². The largest absolute Gasteiger partial charge is 0.369 e. The maximum Gasteiger partial charge on any atom is 0.293 e. The van der Waals surface area contributed by atoms with E-state index >= 15 is 0 Å². The van der Waals surface area contributed by atoms with Gasteiger partial charge in [0.15, 0.2) is 5.78 Å². The molecule has 0 aliphatic heterocycles. The first-order chi connectivity index (χ1) is 10.5. The highest BCUT2D eigenvalue weighted by molar-refractivity contribution is 5.95. The van der Waals surface area contributed by atoms with Gasteiger partial charge in [-0.25, -0.2) is 0 Å². The van der Waals surface area contributed by atoms with E-state index < -0.39 is 4.92 Å². The Morgan fingerprint density at radius 2 is 2.14 bits per heavy atom. The van der Waals surface area contributed by atoms with E-state index in [9.17, 15) is 14.9 Å². The van der Waals surface area contributed by atoms with E-state index in [0.29, 0.717) is 24.2 Å². The second-order valence-corrected chi connectivity index (χ2v) is 4.89. The maximum absolute atomic E-state index is 11.4. The number of Topliss-reactive ketones (excluding diaryl/α,β-unsaturated/α-hetero) is 1. The Kier molecular flexibility index (Phi) is 4.77. The summed E-state index contributed by atoms with van der Waals surface area (Å²) in [5.41, 5.74) is 1.54. The standard InChI is InChI=1S/C15H16N4O3/c1-11(20)12-3-4-14(15(9-12)19(21)22)18(2)8-5-13-10-16-6-7-17-13/h3-4,6-7,9-10H,5,8H2,1-2H3. The number of likely N-dealkylation sites (N-methyl/N-ethyl adjacent to an activating group) is 1.